The van der Waals surface area contributed by atoms with Gasteiger partial charge in [0.25, 0.3) is 0 Å². The Morgan fingerprint density at radius 2 is 2.42 bits per heavy atom. The Hall–Kier alpha value is -0.870. The number of oxazole rings is 1. The molecule has 0 aromatic carbocycles. The first-order valence-corrected chi connectivity index (χ1v) is 4.15. The van der Waals surface area contributed by atoms with Gasteiger partial charge in [-0.3, -0.25) is 0 Å². The van der Waals surface area contributed by atoms with Crippen molar-refractivity contribution in [3.63, 3.8) is 0 Å². The van der Waals surface area contributed by atoms with Crippen LogP contribution < -0.4 is 5.73 Å². The van der Waals surface area contributed by atoms with Gasteiger partial charge in [0.05, 0.1) is 13.2 Å². The second-order valence-electron chi connectivity index (χ2n) is 2.82. The molecule has 2 rings (SSSR count). The number of rotatable bonds is 2. The van der Waals surface area contributed by atoms with Gasteiger partial charge in [0.1, 0.15) is 11.5 Å². The third kappa shape index (κ3) is 1.35. The summed E-state index contributed by atoms with van der Waals surface area (Å²) in [4.78, 5) is 4.27. The third-order valence-corrected chi connectivity index (χ3v) is 1.89. The van der Waals surface area contributed by atoms with E-state index in [1.165, 1.54) is 0 Å². The van der Waals surface area contributed by atoms with Gasteiger partial charge in [-0.1, -0.05) is 0 Å². The molecular weight excluding hydrogens is 156 g/mol. The average molecular weight is 168 g/mol. The van der Waals surface area contributed by atoms with Gasteiger partial charge in [-0.2, -0.15) is 0 Å². The molecule has 0 amide bonds. The maximum atomic E-state index is 5.48. The van der Waals surface area contributed by atoms with Crippen LogP contribution >= 0.6 is 0 Å². The molecule has 1 aliphatic rings. The summed E-state index contributed by atoms with van der Waals surface area (Å²) in [7, 11) is 0. The van der Waals surface area contributed by atoms with Gasteiger partial charge in [-0.25, -0.2) is 4.98 Å². The Bertz CT molecular complexity index is 247. The Morgan fingerprint density at radius 3 is 3.17 bits per heavy atom. The third-order valence-electron chi connectivity index (χ3n) is 1.89. The van der Waals surface area contributed by atoms with E-state index in [1.54, 1.807) is 0 Å². The van der Waals surface area contributed by atoms with Crippen molar-refractivity contribution in [2.24, 2.45) is 5.73 Å². The van der Waals surface area contributed by atoms with Crippen molar-refractivity contribution in [3.05, 3.63) is 17.3 Å². The Balaban J connectivity index is 2.20. The van der Waals surface area contributed by atoms with Crippen molar-refractivity contribution in [1.82, 2.24) is 4.98 Å². The average Bonchev–Trinajstić information content (AvgIpc) is 2.47. The highest BCUT2D eigenvalue weighted by Crippen LogP contribution is 2.17. The fraction of sp³-hybridized carbons (Fsp3) is 0.625. The molecule has 0 spiro atoms. The number of nitrogens with zero attached hydrogens (tertiary/aromatic N) is 1. The van der Waals surface area contributed by atoms with Gasteiger partial charge in [0.15, 0.2) is 5.89 Å². The smallest absolute Gasteiger partial charge is 0.195 e. The van der Waals surface area contributed by atoms with Crippen LogP contribution in [0, 0.1) is 0 Å². The van der Waals surface area contributed by atoms with E-state index in [9.17, 15) is 0 Å². The lowest BCUT2D eigenvalue weighted by Gasteiger charge is -2.07. The molecule has 0 fully saturated rings. The van der Waals surface area contributed by atoms with Crippen LogP contribution in [0.2, 0.25) is 0 Å². The molecule has 4 nitrogen and oxygen atoms in total. The molecule has 0 radical (unpaired) electrons. The minimum atomic E-state index is 0.584. The van der Waals surface area contributed by atoms with Gasteiger partial charge in [-0.15, -0.1) is 0 Å². The van der Waals surface area contributed by atoms with Gasteiger partial charge < -0.3 is 14.9 Å². The van der Waals surface area contributed by atoms with Crippen LogP contribution in [0.3, 0.4) is 0 Å². The van der Waals surface area contributed by atoms with Crippen LogP contribution in [0.5, 0.6) is 0 Å². The molecule has 0 unspecified atom stereocenters. The highest BCUT2D eigenvalue weighted by atomic mass is 16.5. The molecule has 0 bridgehead atoms. The normalized spacial score (nSPS) is 16.1. The lowest BCUT2D eigenvalue weighted by molar-refractivity contribution is 0.102. The van der Waals surface area contributed by atoms with E-state index < -0.39 is 0 Å². The second-order valence-corrected chi connectivity index (χ2v) is 2.82. The SMILES string of the molecule is NCCc1nc2c(o1)CCOC2. The predicted octanol–water partition coefficient (Wildman–Crippen LogP) is 0.248. The summed E-state index contributed by atoms with van der Waals surface area (Å²) in [5, 5.41) is 0. The van der Waals surface area contributed by atoms with Crippen molar-refractivity contribution in [2.75, 3.05) is 13.2 Å². The van der Waals surface area contributed by atoms with Gasteiger partial charge in [0, 0.05) is 19.4 Å². The number of ether oxygens (including phenoxy) is 1. The van der Waals surface area contributed by atoms with Gasteiger partial charge >= 0.3 is 0 Å². The lowest BCUT2D eigenvalue weighted by Crippen LogP contribution is -2.07. The molecule has 4 heteroatoms. The van der Waals surface area contributed by atoms with Crippen molar-refractivity contribution in [3.8, 4) is 0 Å². The fourth-order valence-corrected chi connectivity index (χ4v) is 1.31. The van der Waals surface area contributed by atoms with E-state index in [2.05, 4.69) is 4.98 Å². The molecule has 0 saturated heterocycles. The zero-order chi connectivity index (χ0) is 8.39. The minimum Gasteiger partial charge on any atom is -0.445 e. The molecular formula is C8H12N2O2. The maximum Gasteiger partial charge on any atom is 0.195 e. The van der Waals surface area contributed by atoms with Crippen molar-refractivity contribution in [1.29, 1.82) is 0 Å². The molecule has 1 aromatic heterocycles. The maximum absolute atomic E-state index is 5.48. The van der Waals surface area contributed by atoms with E-state index in [0.717, 1.165) is 30.4 Å². The first-order valence-electron chi connectivity index (χ1n) is 4.15. The summed E-state index contributed by atoms with van der Waals surface area (Å²) in [5.41, 5.74) is 6.34. The summed E-state index contributed by atoms with van der Waals surface area (Å²) < 4.78 is 10.7. The number of fused-ring (bicyclic) bond motifs is 1. The molecule has 2 N–H and O–H groups in total. The van der Waals surface area contributed by atoms with Crippen LogP contribution in [-0.2, 0) is 24.2 Å². The quantitative estimate of drug-likeness (QED) is 0.687. The highest BCUT2D eigenvalue weighted by molar-refractivity contribution is 5.11. The van der Waals surface area contributed by atoms with Crippen LogP contribution in [0.4, 0.5) is 0 Å². The predicted molar refractivity (Wildman–Crippen MR) is 42.6 cm³/mol. The Labute approximate surface area is 70.7 Å². The first-order chi connectivity index (χ1) is 5.90. The highest BCUT2D eigenvalue weighted by Gasteiger charge is 2.16. The molecule has 1 aliphatic heterocycles. The van der Waals surface area contributed by atoms with Crippen molar-refractivity contribution in [2.45, 2.75) is 19.4 Å². The summed E-state index contributed by atoms with van der Waals surface area (Å²) in [6, 6.07) is 0. The van der Waals surface area contributed by atoms with Crippen molar-refractivity contribution >= 4 is 0 Å². The topological polar surface area (TPSA) is 61.3 Å². The Kier molecular flexibility index (Phi) is 2.10. The summed E-state index contributed by atoms with van der Waals surface area (Å²) in [6.07, 6.45) is 1.56. The molecule has 0 aliphatic carbocycles. The van der Waals surface area contributed by atoms with Crippen LogP contribution in [0.1, 0.15) is 17.3 Å². The van der Waals surface area contributed by atoms with Crippen LogP contribution in [-0.4, -0.2) is 18.1 Å². The number of hydrogen-bond donors (Lipinski definition) is 1. The summed E-state index contributed by atoms with van der Waals surface area (Å²) in [6.45, 7) is 1.91. The minimum absolute atomic E-state index is 0.584. The lowest BCUT2D eigenvalue weighted by atomic mass is 10.2. The summed E-state index contributed by atoms with van der Waals surface area (Å²) in [5.74, 6) is 1.72. The standard InChI is InChI=1S/C8H12N2O2/c9-3-1-8-10-6-5-11-4-2-7(6)12-8/h1-5,9H2. The van der Waals surface area contributed by atoms with E-state index in [4.69, 9.17) is 14.9 Å². The fourth-order valence-electron chi connectivity index (χ4n) is 1.31. The largest absolute Gasteiger partial charge is 0.445 e. The molecule has 1 aromatic rings. The molecule has 2 heterocycles. The van der Waals surface area contributed by atoms with Crippen LogP contribution in [0.25, 0.3) is 0 Å². The number of aromatic nitrogens is 1. The monoisotopic (exact) mass is 168 g/mol. The van der Waals surface area contributed by atoms with Gasteiger partial charge in [0.2, 0.25) is 0 Å². The zero-order valence-corrected chi connectivity index (χ0v) is 6.88. The Morgan fingerprint density at radius 1 is 1.50 bits per heavy atom. The van der Waals surface area contributed by atoms with Crippen molar-refractivity contribution < 1.29 is 9.15 Å². The van der Waals surface area contributed by atoms with Gasteiger partial charge in [-0.05, 0) is 0 Å². The van der Waals surface area contributed by atoms with E-state index in [0.29, 0.717) is 19.6 Å². The van der Waals surface area contributed by atoms with E-state index in [1.807, 2.05) is 0 Å². The number of nitrogens with two attached hydrogens (primary N) is 1. The van der Waals surface area contributed by atoms with Crippen LogP contribution in [0.15, 0.2) is 4.42 Å². The molecule has 0 atom stereocenters. The number of hydrogen-bond acceptors (Lipinski definition) is 4. The zero-order valence-electron chi connectivity index (χ0n) is 6.88. The first kappa shape index (κ1) is 7.76. The van der Waals surface area contributed by atoms with E-state index in [-0.39, 0.29) is 0 Å². The second kappa shape index (κ2) is 3.25. The summed E-state index contributed by atoms with van der Waals surface area (Å²) >= 11 is 0. The van der Waals surface area contributed by atoms with E-state index >= 15 is 0 Å². The molecule has 66 valence electrons. The molecule has 0 saturated carbocycles. The molecule has 12 heavy (non-hydrogen) atoms.